The molecule has 3 nitrogen and oxygen atoms in total. The number of rotatable bonds is 4. The van der Waals surface area contributed by atoms with E-state index in [9.17, 15) is 13.2 Å². The maximum Gasteiger partial charge on any atom is 0.522 e. The van der Waals surface area contributed by atoms with Crippen LogP contribution in [0.3, 0.4) is 0 Å². The maximum absolute atomic E-state index is 11.6. The van der Waals surface area contributed by atoms with E-state index in [1.807, 2.05) is 0 Å². The van der Waals surface area contributed by atoms with Gasteiger partial charge in [-0.2, -0.15) is 0 Å². The molecule has 0 spiro atoms. The first-order valence-electron chi connectivity index (χ1n) is 4.35. The third-order valence-corrected chi connectivity index (χ3v) is 1.83. The van der Waals surface area contributed by atoms with Crippen molar-refractivity contribution < 1.29 is 22.6 Å². The van der Waals surface area contributed by atoms with Crippen LogP contribution in [0.15, 0.2) is 12.1 Å². The highest BCUT2D eigenvalue weighted by Crippen LogP contribution is 2.22. The van der Waals surface area contributed by atoms with E-state index in [2.05, 4.69) is 9.72 Å². The van der Waals surface area contributed by atoms with E-state index in [4.69, 9.17) is 16.3 Å². The molecule has 0 saturated carbocycles. The SMILES string of the molecule is Cc1ccc(OCCOC(F)(F)F)c(Cl)n1. The van der Waals surface area contributed by atoms with Crippen LogP contribution >= 0.6 is 11.6 Å². The smallest absolute Gasteiger partial charge is 0.488 e. The number of pyridine rings is 1. The molecule has 1 heterocycles. The van der Waals surface area contributed by atoms with Gasteiger partial charge in [0.1, 0.15) is 6.61 Å². The van der Waals surface area contributed by atoms with Crippen molar-refractivity contribution in [1.82, 2.24) is 4.98 Å². The van der Waals surface area contributed by atoms with Crippen molar-refractivity contribution in [2.45, 2.75) is 13.3 Å². The van der Waals surface area contributed by atoms with Gasteiger partial charge in [-0.1, -0.05) is 11.6 Å². The molecule has 0 aromatic carbocycles. The molecule has 0 fully saturated rings. The summed E-state index contributed by atoms with van der Waals surface area (Å²) in [6.45, 7) is 0.903. The lowest BCUT2D eigenvalue weighted by molar-refractivity contribution is -0.325. The van der Waals surface area contributed by atoms with Crippen molar-refractivity contribution in [2.24, 2.45) is 0 Å². The number of aryl methyl sites for hydroxylation is 1. The van der Waals surface area contributed by atoms with Gasteiger partial charge in [-0.3, -0.25) is 4.74 Å². The van der Waals surface area contributed by atoms with Crippen LogP contribution in [0.4, 0.5) is 13.2 Å². The van der Waals surface area contributed by atoms with Crippen LogP contribution in [0.5, 0.6) is 5.75 Å². The van der Waals surface area contributed by atoms with Crippen molar-refractivity contribution in [1.29, 1.82) is 0 Å². The van der Waals surface area contributed by atoms with E-state index in [1.165, 1.54) is 6.07 Å². The minimum absolute atomic E-state index is 0.118. The first-order chi connectivity index (χ1) is 7.38. The van der Waals surface area contributed by atoms with Crippen LogP contribution < -0.4 is 4.74 Å². The van der Waals surface area contributed by atoms with Gasteiger partial charge in [-0.05, 0) is 19.1 Å². The molecule has 0 atom stereocenters. The summed E-state index contributed by atoms with van der Waals surface area (Å²) in [5.74, 6) is 0.234. The Morgan fingerprint density at radius 1 is 1.31 bits per heavy atom. The van der Waals surface area contributed by atoms with E-state index in [1.54, 1.807) is 13.0 Å². The Morgan fingerprint density at radius 3 is 2.56 bits per heavy atom. The van der Waals surface area contributed by atoms with Crippen molar-refractivity contribution in [3.63, 3.8) is 0 Å². The normalized spacial score (nSPS) is 11.6. The maximum atomic E-state index is 11.6. The Labute approximate surface area is 95.1 Å². The second-order valence-corrected chi connectivity index (χ2v) is 3.24. The molecule has 0 N–H and O–H groups in total. The summed E-state index contributed by atoms with van der Waals surface area (Å²) >= 11 is 5.70. The Morgan fingerprint density at radius 2 is 2.00 bits per heavy atom. The van der Waals surface area contributed by atoms with Gasteiger partial charge in [0.05, 0.1) is 6.61 Å². The highest BCUT2D eigenvalue weighted by atomic mass is 35.5. The molecule has 0 aliphatic rings. The fourth-order valence-corrected chi connectivity index (χ4v) is 1.18. The zero-order valence-corrected chi connectivity index (χ0v) is 9.10. The monoisotopic (exact) mass is 255 g/mol. The average molecular weight is 256 g/mol. The molecular weight excluding hydrogens is 247 g/mol. The number of hydrogen-bond acceptors (Lipinski definition) is 3. The highest BCUT2D eigenvalue weighted by Gasteiger charge is 2.28. The largest absolute Gasteiger partial charge is 0.522 e. The molecule has 90 valence electrons. The molecular formula is C9H9ClF3NO2. The zero-order valence-electron chi connectivity index (χ0n) is 8.34. The molecule has 0 saturated heterocycles. The fraction of sp³-hybridized carbons (Fsp3) is 0.444. The minimum atomic E-state index is -4.64. The highest BCUT2D eigenvalue weighted by molar-refractivity contribution is 6.30. The van der Waals surface area contributed by atoms with Gasteiger partial charge in [0.2, 0.25) is 0 Å². The van der Waals surface area contributed by atoms with Gasteiger partial charge in [0.15, 0.2) is 10.9 Å². The van der Waals surface area contributed by atoms with Crippen molar-refractivity contribution >= 4 is 11.6 Å². The summed E-state index contributed by atoms with van der Waals surface area (Å²) in [6, 6.07) is 3.18. The Kier molecular flexibility index (Phi) is 4.37. The third-order valence-electron chi connectivity index (χ3n) is 1.56. The Balaban J connectivity index is 2.38. The average Bonchev–Trinajstić information content (AvgIpc) is 2.13. The topological polar surface area (TPSA) is 31.4 Å². The number of hydrogen-bond donors (Lipinski definition) is 0. The van der Waals surface area contributed by atoms with E-state index in [-0.39, 0.29) is 17.5 Å². The van der Waals surface area contributed by atoms with Crippen LogP contribution in [-0.2, 0) is 4.74 Å². The summed E-state index contributed by atoms with van der Waals surface area (Å²) in [5, 5.41) is 0.118. The predicted octanol–water partition coefficient (Wildman–Crippen LogP) is 2.96. The molecule has 0 aliphatic heterocycles. The van der Waals surface area contributed by atoms with Crippen LogP contribution in [-0.4, -0.2) is 24.6 Å². The lowest BCUT2D eigenvalue weighted by atomic mass is 10.4. The summed E-state index contributed by atoms with van der Waals surface area (Å²) in [4.78, 5) is 3.88. The van der Waals surface area contributed by atoms with Gasteiger partial charge in [-0.15, -0.1) is 13.2 Å². The second-order valence-electron chi connectivity index (χ2n) is 2.88. The zero-order chi connectivity index (χ0) is 12.2. The van der Waals surface area contributed by atoms with Gasteiger partial charge in [0.25, 0.3) is 0 Å². The fourth-order valence-electron chi connectivity index (χ4n) is 0.929. The van der Waals surface area contributed by atoms with E-state index in [0.717, 1.165) is 0 Å². The second kappa shape index (κ2) is 5.36. The summed E-state index contributed by atoms with van der Waals surface area (Å²) in [5.41, 5.74) is 0.698. The molecule has 0 aliphatic carbocycles. The van der Waals surface area contributed by atoms with Crippen molar-refractivity contribution in [2.75, 3.05) is 13.2 Å². The van der Waals surface area contributed by atoms with Crippen LogP contribution in [0.2, 0.25) is 5.15 Å². The molecule has 1 rings (SSSR count). The van der Waals surface area contributed by atoms with Gasteiger partial charge < -0.3 is 4.74 Å². The number of ether oxygens (including phenoxy) is 2. The first-order valence-corrected chi connectivity index (χ1v) is 4.73. The van der Waals surface area contributed by atoms with E-state index >= 15 is 0 Å². The molecule has 0 unspecified atom stereocenters. The minimum Gasteiger partial charge on any atom is -0.488 e. The number of halogens is 4. The summed E-state index contributed by atoms with van der Waals surface area (Å²) in [6.07, 6.45) is -4.64. The molecule has 7 heteroatoms. The summed E-state index contributed by atoms with van der Waals surface area (Å²) < 4.78 is 43.3. The number of nitrogens with zero attached hydrogens (tertiary/aromatic N) is 1. The van der Waals surface area contributed by atoms with E-state index < -0.39 is 13.0 Å². The molecule has 16 heavy (non-hydrogen) atoms. The van der Waals surface area contributed by atoms with Gasteiger partial charge in [-0.25, -0.2) is 4.98 Å². The van der Waals surface area contributed by atoms with Crippen LogP contribution in [0.1, 0.15) is 5.69 Å². The molecule has 0 radical (unpaired) electrons. The van der Waals surface area contributed by atoms with Crippen molar-refractivity contribution in [3.8, 4) is 5.75 Å². The van der Waals surface area contributed by atoms with E-state index in [0.29, 0.717) is 5.69 Å². The quantitative estimate of drug-likeness (QED) is 0.612. The Bertz CT molecular complexity index is 357. The lowest BCUT2D eigenvalue weighted by Crippen LogP contribution is -2.18. The molecule has 0 bridgehead atoms. The van der Waals surface area contributed by atoms with Crippen LogP contribution in [0.25, 0.3) is 0 Å². The number of aromatic nitrogens is 1. The van der Waals surface area contributed by atoms with Gasteiger partial charge >= 0.3 is 6.36 Å². The van der Waals surface area contributed by atoms with Gasteiger partial charge in [0, 0.05) is 5.69 Å². The molecule has 1 aromatic heterocycles. The third kappa shape index (κ3) is 4.67. The van der Waals surface area contributed by atoms with Crippen molar-refractivity contribution in [3.05, 3.63) is 23.0 Å². The lowest BCUT2D eigenvalue weighted by Gasteiger charge is -2.09. The predicted molar refractivity (Wildman–Crippen MR) is 51.5 cm³/mol. The van der Waals surface area contributed by atoms with Crippen LogP contribution in [0, 0.1) is 6.92 Å². The molecule has 1 aromatic rings. The summed E-state index contributed by atoms with van der Waals surface area (Å²) in [7, 11) is 0. The number of alkyl halides is 3. The molecule has 0 amide bonds. The Hall–Kier alpha value is -1.01. The first kappa shape index (κ1) is 13.1. The standard InChI is InChI=1S/C9H9ClF3NO2/c1-6-2-3-7(8(10)14-6)15-4-5-16-9(11,12)13/h2-3H,4-5H2,1H3.